The van der Waals surface area contributed by atoms with E-state index in [9.17, 15) is 9.59 Å². The molecule has 176 valence electrons. The van der Waals surface area contributed by atoms with Crippen LogP contribution in [0.15, 0.2) is 48.5 Å². The van der Waals surface area contributed by atoms with E-state index in [0.29, 0.717) is 24.6 Å². The molecule has 0 bridgehead atoms. The van der Waals surface area contributed by atoms with Crippen LogP contribution in [-0.4, -0.2) is 30.5 Å². The van der Waals surface area contributed by atoms with E-state index < -0.39 is 18.0 Å². The summed E-state index contributed by atoms with van der Waals surface area (Å²) in [5.74, 6) is 0.792. The second-order valence-electron chi connectivity index (χ2n) is 9.44. The molecule has 1 aliphatic heterocycles. The van der Waals surface area contributed by atoms with Crippen LogP contribution in [0, 0.1) is 12.8 Å². The molecule has 0 saturated heterocycles. The van der Waals surface area contributed by atoms with E-state index in [1.165, 1.54) is 37.7 Å². The molecule has 2 aromatic rings. The van der Waals surface area contributed by atoms with Crippen molar-refractivity contribution in [2.24, 2.45) is 11.7 Å². The van der Waals surface area contributed by atoms with Crippen molar-refractivity contribution in [1.82, 2.24) is 5.32 Å². The number of ether oxygens (including phenoxy) is 1. The Morgan fingerprint density at radius 3 is 2.58 bits per heavy atom. The maximum atomic E-state index is 13.7. The van der Waals surface area contributed by atoms with Crippen molar-refractivity contribution in [3.05, 3.63) is 59.7 Å². The van der Waals surface area contributed by atoms with Gasteiger partial charge in [-0.15, -0.1) is 0 Å². The quantitative estimate of drug-likeness (QED) is 0.636. The molecule has 6 heteroatoms. The maximum absolute atomic E-state index is 13.7. The van der Waals surface area contributed by atoms with Crippen molar-refractivity contribution < 1.29 is 14.3 Å². The van der Waals surface area contributed by atoms with Gasteiger partial charge in [-0.3, -0.25) is 14.9 Å². The number of carbonyl (C=O) groups is 2. The number of benzene rings is 2. The largest absolute Gasteiger partial charge is 0.489 e. The van der Waals surface area contributed by atoms with Crippen LogP contribution >= 0.6 is 0 Å². The molecule has 1 unspecified atom stereocenters. The lowest BCUT2D eigenvalue weighted by molar-refractivity contribution is -0.123. The summed E-state index contributed by atoms with van der Waals surface area (Å²) in [4.78, 5) is 27.7. The van der Waals surface area contributed by atoms with E-state index in [0.717, 1.165) is 17.7 Å². The first-order valence-electron chi connectivity index (χ1n) is 12.2. The summed E-state index contributed by atoms with van der Waals surface area (Å²) >= 11 is 0. The molecule has 0 aromatic heterocycles. The molecule has 6 nitrogen and oxygen atoms in total. The molecule has 2 atom stereocenters. The van der Waals surface area contributed by atoms with Gasteiger partial charge in [-0.2, -0.15) is 0 Å². The number of para-hydroxylation sites is 2. The van der Waals surface area contributed by atoms with Gasteiger partial charge >= 0.3 is 0 Å². The summed E-state index contributed by atoms with van der Waals surface area (Å²) in [7, 11) is 0. The van der Waals surface area contributed by atoms with Gasteiger partial charge in [0.1, 0.15) is 18.4 Å². The Morgan fingerprint density at radius 2 is 1.85 bits per heavy atom. The van der Waals surface area contributed by atoms with Gasteiger partial charge in [0.15, 0.2) is 0 Å². The lowest BCUT2D eigenvalue weighted by atomic mass is 9.85. The van der Waals surface area contributed by atoms with Gasteiger partial charge in [-0.1, -0.05) is 74.1 Å². The van der Waals surface area contributed by atoms with E-state index in [2.05, 4.69) is 5.32 Å². The predicted octanol–water partition coefficient (Wildman–Crippen LogP) is 4.09. The van der Waals surface area contributed by atoms with Crippen LogP contribution < -0.4 is 20.7 Å². The maximum Gasteiger partial charge on any atom is 0.248 e. The Balaban J connectivity index is 1.51. The molecule has 0 radical (unpaired) electrons. The SMILES string of the molecule is Cc1ccc(CN2C(=O)C(N[C@@H](CCC3CCCCC3)C(N)=O)COc3ccccc32)cc1. The van der Waals surface area contributed by atoms with Gasteiger partial charge in [0.25, 0.3) is 0 Å². The molecule has 2 aliphatic rings. The molecule has 2 aromatic carbocycles. The van der Waals surface area contributed by atoms with Crippen LogP contribution in [0.3, 0.4) is 0 Å². The molecule has 1 heterocycles. The molecule has 4 rings (SSSR count). The minimum atomic E-state index is -0.647. The number of fused-ring (bicyclic) bond motifs is 1. The Hall–Kier alpha value is -2.86. The van der Waals surface area contributed by atoms with Crippen LogP contribution in [0.1, 0.15) is 56.1 Å². The number of nitrogens with one attached hydrogen (secondary N) is 1. The molecule has 1 aliphatic carbocycles. The molecule has 1 saturated carbocycles. The van der Waals surface area contributed by atoms with Gasteiger partial charge < -0.3 is 15.4 Å². The van der Waals surface area contributed by atoms with E-state index >= 15 is 0 Å². The second kappa shape index (κ2) is 10.8. The van der Waals surface area contributed by atoms with Crippen molar-refractivity contribution in [3.63, 3.8) is 0 Å². The molecule has 33 heavy (non-hydrogen) atoms. The fraction of sp³-hybridized carbons (Fsp3) is 0.481. The topological polar surface area (TPSA) is 84.7 Å². The third-order valence-electron chi connectivity index (χ3n) is 6.92. The zero-order valence-corrected chi connectivity index (χ0v) is 19.5. The number of aryl methyl sites for hydroxylation is 1. The molecule has 2 amide bonds. The fourth-order valence-electron chi connectivity index (χ4n) is 4.94. The smallest absolute Gasteiger partial charge is 0.248 e. The van der Waals surface area contributed by atoms with Crippen LogP contribution in [0.25, 0.3) is 0 Å². The molecular formula is C27H35N3O3. The number of nitrogens with two attached hydrogens (primary N) is 1. The highest BCUT2D eigenvalue weighted by Gasteiger charge is 2.34. The van der Waals surface area contributed by atoms with Gasteiger partial charge in [-0.05, 0) is 43.4 Å². The van der Waals surface area contributed by atoms with E-state index in [1.807, 2.05) is 55.5 Å². The zero-order chi connectivity index (χ0) is 23.2. The molecular weight excluding hydrogens is 414 g/mol. The Labute approximate surface area is 196 Å². The number of nitrogens with zero attached hydrogens (tertiary/aromatic N) is 1. The number of hydrogen-bond donors (Lipinski definition) is 2. The first-order chi connectivity index (χ1) is 16.0. The van der Waals surface area contributed by atoms with Crippen molar-refractivity contribution in [1.29, 1.82) is 0 Å². The van der Waals surface area contributed by atoms with Gasteiger partial charge in [0.2, 0.25) is 11.8 Å². The highest BCUT2D eigenvalue weighted by Crippen LogP contribution is 2.33. The first kappa shape index (κ1) is 23.3. The average Bonchev–Trinajstić information content (AvgIpc) is 2.95. The standard InChI is InChI=1S/C27H35N3O3/c1-19-11-13-21(14-12-19)17-30-24-9-5-6-10-25(24)33-18-23(27(30)32)29-22(26(28)31)16-15-20-7-3-2-4-8-20/h5-6,9-14,20,22-23,29H,2-4,7-8,15-18H2,1H3,(H2,28,31)/t22-,23?/m0/s1. The number of carbonyl (C=O) groups excluding carboxylic acids is 2. The average molecular weight is 450 g/mol. The Morgan fingerprint density at radius 1 is 1.12 bits per heavy atom. The summed E-state index contributed by atoms with van der Waals surface area (Å²) < 4.78 is 6.02. The summed E-state index contributed by atoms with van der Waals surface area (Å²) in [6, 6.07) is 14.6. The van der Waals surface area contributed by atoms with E-state index in [4.69, 9.17) is 10.5 Å². The summed E-state index contributed by atoms with van der Waals surface area (Å²) in [6.07, 6.45) is 7.87. The summed E-state index contributed by atoms with van der Waals surface area (Å²) in [5, 5.41) is 3.25. The number of amides is 2. The summed E-state index contributed by atoms with van der Waals surface area (Å²) in [5.41, 5.74) is 8.69. The lowest BCUT2D eigenvalue weighted by Gasteiger charge is -2.28. The Bertz CT molecular complexity index is 953. The van der Waals surface area contributed by atoms with E-state index in [1.54, 1.807) is 4.90 Å². The number of hydrogen-bond acceptors (Lipinski definition) is 4. The van der Waals surface area contributed by atoms with Crippen LogP contribution in [-0.2, 0) is 16.1 Å². The minimum absolute atomic E-state index is 0.107. The molecule has 0 spiro atoms. The minimum Gasteiger partial charge on any atom is -0.489 e. The normalized spacial score (nSPS) is 20.0. The van der Waals surface area contributed by atoms with Crippen LogP contribution in [0.5, 0.6) is 5.75 Å². The van der Waals surface area contributed by atoms with Crippen molar-refractivity contribution in [3.8, 4) is 5.75 Å². The zero-order valence-electron chi connectivity index (χ0n) is 19.5. The predicted molar refractivity (Wildman–Crippen MR) is 130 cm³/mol. The Kier molecular flexibility index (Phi) is 7.65. The van der Waals surface area contributed by atoms with Gasteiger partial charge in [-0.25, -0.2) is 0 Å². The lowest BCUT2D eigenvalue weighted by Crippen LogP contribution is -2.55. The van der Waals surface area contributed by atoms with Crippen LogP contribution in [0.4, 0.5) is 5.69 Å². The fourth-order valence-corrected chi connectivity index (χ4v) is 4.94. The first-order valence-corrected chi connectivity index (χ1v) is 12.2. The number of rotatable bonds is 8. The van der Waals surface area contributed by atoms with Crippen molar-refractivity contribution in [2.45, 2.75) is 70.5 Å². The molecule has 1 fully saturated rings. The monoisotopic (exact) mass is 449 g/mol. The number of primary amides is 1. The van der Waals surface area contributed by atoms with Gasteiger partial charge in [0, 0.05) is 0 Å². The second-order valence-corrected chi connectivity index (χ2v) is 9.44. The van der Waals surface area contributed by atoms with Crippen molar-refractivity contribution >= 4 is 17.5 Å². The summed E-state index contributed by atoms with van der Waals surface area (Å²) in [6.45, 7) is 2.63. The molecule has 3 N–H and O–H groups in total. The number of anilines is 1. The highest BCUT2D eigenvalue weighted by molar-refractivity contribution is 5.99. The van der Waals surface area contributed by atoms with E-state index in [-0.39, 0.29) is 12.5 Å². The third kappa shape index (κ3) is 5.93. The van der Waals surface area contributed by atoms with Crippen molar-refractivity contribution in [2.75, 3.05) is 11.5 Å². The highest BCUT2D eigenvalue weighted by atomic mass is 16.5. The van der Waals surface area contributed by atoms with Crippen LogP contribution in [0.2, 0.25) is 0 Å². The third-order valence-corrected chi connectivity index (χ3v) is 6.92. The van der Waals surface area contributed by atoms with Gasteiger partial charge in [0.05, 0.1) is 18.3 Å².